The molecule has 0 unspecified atom stereocenters. The van der Waals surface area contributed by atoms with E-state index in [1.54, 1.807) is 18.3 Å². The van der Waals surface area contributed by atoms with Crippen LogP contribution in [0.1, 0.15) is 12.5 Å². The zero-order chi connectivity index (χ0) is 19.3. The highest BCUT2D eigenvalue weighted by molar-refractivity contribution is 7.89. The monoisotopic (exact) mass is 387 g/mol. The number of sulfonamides is 1. The summed E-state index contributed by atoms with van der Waals surface area (Å²) in [7, 11) is -2.11. The lowest BCUT2D eigenvalue weighted by molar-refractivity contribution is 0.340. The molecule has 7 nitrogen and oxygen atoms in total. The van der Waals surface area contributed by atoms with Crippen LogP contribution in [0.4, 0.5) is 0 Å². The molecule has 0 amide bonds. The first kappa shape index (κ1) is 18.9. The average molecular weight is 387 g/mol. The predicted molar refractivity (Wildman–Crippen MR) is 102 cm³/mol. The van der Waals surface area contributed by atoms with Crippen LogP contribution in [0.15, 0.2) is 59.6 Å². The number of nitrogens with one attached hydrogen (secondary N) is 2. The van der Waals surface area contributed by atoms with E-state index in [1.807, 2.05) is 31.2 Å². The van der Waals surface area contributed by atoms with Gasteiger partial charge in [0, 0.05) is 17.7 Å². The van der Waals surface area contributed by atoms with Gasteiger partial charge in [0.1, 0.15) is 11.5 Å². The van der Waals surface area contributed by atoms with Crippen molar-refractivity contribution in [3.8, 4) is 22.8 Å². The Bertz CT molecular complexity index is 981. The first-order valence-corrected chi connectivity index (χ1v) is 9.91. The third kappa shape index (κ3) is 4.47. The van der Waals surface area contributed by atoms with Crippen molar-refractivity contribution < 1.29 is 17.9 Å². The maximum Gasteiger partial charge on any atom is 0.240 e. The third-order valence-corrected chi connectivity index (χ3v) is 5.41. The molecule has 0 aliphatic rings. The minimum atomic E-state index is -3.64. The third-order valence-electron chi connectivity index (χ3n) is 3.99. The summed E-state index contributed by atoms with van der Waals surface area (Å²) in [5.74, 6) is 1.38. The van der Waals surface area contributed by atoms with Crippen molar-refractivity contribution in [1.82, 2.24) is 14.9 Å². The van der Waals surface area contributed by atoms with Gasteiger partial charge in [-0.25, -0.2) is 13.1 Å². The van der Waals surface area contributed by atoms with Gasteiger partial charge >= 0.3 is 0 Å². The van der Waals surface area contributed by atoms with Crippen LogP contribution in [0, 0.1) is 0 Å². The van der Waals surface area contributed by atoms with Crippen LogP contribution < -0.4 is 14.2 Å². The number of hydrogen-bond acceptors (Lipinski definition) is 5. The summed E-state index contributed by atoms with van der Waals surface area (Å²) >= 11 is 0. The molecular weight excluding hydrogens is 366 g/mol. The number of benzene rings is 2. The van der Waals surface area contributed by atoms with Crippen molar-refractivity contribution in [2.24, 2.45) is 0 Å². The molecule has 0 saturated heterocycles. The molecule has 0 aliphatic heterocycles. The summed E-state index contributed by atoms with van der Waals surface area (Å²) in [6.45, 7) is 2.64. The summed E-state index contributed by atoms with van der Waals surface area (Å²) in [4.78, 5) is 0.175. The Hall–Kier alpha value is -2.84. The van der Waals surface area contributed by atoms with Crippen LogP contribution in [0.5, 0.6) is 11.5 Å². The molecule has 3 aromatic rings. The Kier molecular flexibility index (Phi) is 5.78. The maximum absolute atomic E-state index is 12.5. The van der Waals surface area contributed by atoms with Crippen LogP contribution in [0.2, 0.25) is 0 Å². The molecule has 0 bridgehead atoms. The molecule has 0 spiro atoms. The second kappa shape index (κ2) is 8.24. The number of methoxy groups -OCH3 is 1. The van der Waals surface area contributed by atoms with Crippen LogP contribution >= 0.6 is 0 Å². The molecule has 1 heterocycles. The number of rotatable bonds is 8. The van der Waals surface area contributed by atoms with Gasteiger partial charge in [0.25, 0.3) is 0 Å². The fraction of sp³-hybridized carbons (Fsp3) is 0.211. The number of hydrogen-bond donors (Lipinski definition) is 2. The minimum absolute atomic E-state index is 0.118. The quantitative estimate of drug-likeness (QED) is 0.620. The zero-order valence-corrected chi connectivity index (χ0v) is 15.9. The molecule has 0 saturated carbocycles. The molecule has 1 aromatic heterocycles. The molecular formula is C19H21N3O4S. The van der Waals surface area contributed by atoms with Crippen molar-refractivity contribution in [3.05, 3.63) is 60.3 Å². The summed E-state index contributed by atoms with van der Waals surface area (Å²) in [6, 6.07) is 13.8. The van der Waals surface area contributed by atoms with Gasteiger partial charge in [-0.1, -0.05) is 0 Å². The highest BCUT2D eigenvalue weighted by atomic mass is 32.2. The molecule has 0 fully saturated rings. The van der Waals surface area contributed by atoms with Gasteiger partial charge in [0.2, 0.25) is 10.0 Å². The number of ether oxygens (including phenoxy) is 2. The fourth-order valence-electron chi connectivity index (χ4n) is 2.59. The van der Waals surface area contributed by atoms with Crippen LogP contribution in [-0.2, 0) is 16.6 Å². The lowest BCUT2D eigenvalue weighted by Gasteiger charge is -2.09. The van der Waals surface area contributed by atoms with E-state index < -0.39 is 10.0 Å². The van der Waals surface area contributed by atoms with E-state index in [9.17, 15) is 8.42 Å². The van der Waals surface area contributed by atoms with Gasteiger partial charge < -0.3 is 9.47 Å². The van der Waals surface area contributed by atoms with Gasteiger partial charge in [0.15, 0.2) is 0 Å². The summed E-state index contributed by atoms with van der Waals surface area (Å²) in [5.41, 5.74) is 2.40. The topological polar surface area (TPSA) is 93.3 Å². The molecule has 8 heteroatoms. The van der Waals surface area contributed by atoms with Crippen molar-refractivity contribution >= 4 is 10.0 Å². The van der Waals surface area contributed by atoms with Gasteiger partial charge in [-0.3, -0.25) is 5.10 Å². The fourth-order valence-corrected chi connectivity index (χ4v) is 3.60. The molecule has 3 rings (SSSR count). The lowest BCUT2D eigenvalue weighted by Crippen LogP contribution is -2.23. The Morgan fingerprint density at radius 1 is 1.04 bits per heavy atom. The second-order valence-electron chi connectivity index (χ2n) is 5.73. The van der Waals surface area contributed by atoms with Crippen molar-refractivity contribution in [2.45, 2.75) is 18.4 Å². The summed E-state index contributed by atoms with van der Waals surface area (Å²) in [6.07, 6.45) is 1.61. The number of H-pyrrole nitrogens is 1. The average Bonchev–Trinajstić information content (AvgIpc) is 3.16. The van der Waals surface area contributed by atoms with Crippen molar-refractivity contribution in [2.75, 3.05) is 13.7 Å². The van der Waals surface area contributed by atoms with Crippen LogP contribution in [0.3, 0.4) is 0 Å². The summed E-state index contributed by atoms with van der Waals surface area (Å²) in [5, 5.41) is 6.97. The molecule has 0 radical (unpaired) electrons. The molecule has 2 N–H and O–H groups in total. The van der Waals surface area contributed by atoms with E-state index in [1.165, 1.54) is 19.2 Å². The molecule has 27 heavy (non-hydrogen) atoms. The highest BCUT2D eigenvalue weighted by Crippen LogP contribution is 2.24. The van der Waals surface area contributed by atoms with Crippen LogP contribution in [0.25, 0.3) is 11.3 Å². The van der Waals surface area contributed by atoms with Gasteiger partial charge in [-0.05, 0) is 55.5 Å². The van der Waals surface area contributed by atoms with Gasteiger partial charge in [-0.15, -0.1) is 0 Å². The second-order valence-corrected chi connectivity index (χ2v) is 7.49. The van der Waals surface area contributed by atoms with E-state index >= 15 is 0 Å². The van der Waals surface area contributed by atoms with E-state index in [-0.39, 0.29) is 11.4 Å². The van der Waals surface area contributed by atoms with E-state index in [0.29, 0.717) is 12.4 Å². The highest BCUT2D eigenvalue weighted by Gasteiger charge is 2.16. The Morgan fingerprint density at radius 2 is 1.70 bits per heavy atom. The zero-order valence-electron chi connectivity index (χ0n) is 15.1. The first-order chi connectivity index (χ1) is 13.0. The van der Waals surface area contributed by atoms with Crippen LogP contribution in [-0.4, -0.2) is 32.3 Å². The predicted octanol–water partition coefficient (Wildman–Crippen LogP) is 2.96. The van der Waals surface area contributed by atoms with Crippen molar-refractivity contribution in [3.63, 3.8) is 0 Å². The van der Waals surface area contributed by atoms with Gasteiger partial charge in [-0.2, -0.15) is 5.10 Å². The van der Waals surface area contributed by atoms with E-state index in [0.717, 1.165) is 22.6 Å². The maximum atomic E-state index is 12.5. The lowest BCUT2D eigenvalue weighted by atomic mass is 10.1. The molecule has 0 aliphatic carbocycles. The SMILES string of the molecule is CCOc1ccc(-c2[nH]ncc2CNS(=O)(=O)c2ccc(OC)cc2)cc1. The van der Waals surface area contributed by atoms with Crippen molar-refractivity contribution in [1.29, 1.82) is 0 Å². The van der Waals surface area contributed by atoms with Gasteiger partial charge in [0.05, 0.1) is 30.5 Å². The van der Waals surface area contributed by atoms with E-state index in [4.69, 9.17) is 9.47 Å². The Morgan fingerprint density at radius 3 is 2.33 bits per heavy atom. The largest absolute Gasteiger partial charge is 0.497 e. The summed E-state index contributed by atoms with van der Waals surface area (Å²) < 4.78 is 38.1. The standard InChI is InChI=1S/C19H21N3O4S/c1-3-26-17-6-4-14(5-7-17)19-15(12-20-22-19)13-21-27(23,24)18-10-8-16(25-2)9-11-18/h4-12,21H,3,13H2,1-2H3,(H,20,22). The molecule has 142 valence electrons. The molecule has 2 aromatic carbocycles. The number of nitrogens with zero attached hydrogens (tertiary/aromatic N) is 1. The normalized spacial score (nSPS) is 11.3. The minimum Gasteiger partial charge on any atom is -0.497 e. The Balaban J connectivity index is 1.74. The number of aromatic nitrogens is 2. The Labute approximate surface area is 158 Å². The smallest absolute Gasteiger partial charge is 0.240 e. The molecule has 0 atom stereocenters. The number of aromatic amines is 1. The first-order valence-electron chi connectivity index (χ1n) is 8.42. The van der Waals surface area contributed by atoms with E-state index in [2.05, 4.69) is 14.9 Å².